The summed E-state index contributed by atoms with van der Waals surface area (Å²) in [7, 11) is 0. The second-order valence-electron chi connectivity index (χ2n) is 8.62. The van der Waals surface area contributed by atoms with E-state index in [1.54, 1.807) is 28.9 Å². The van der Waals surface area contributed by atoms with E-state index in [1.807, 2.05) is 6.92 Å². The van der Waals surface area contributed by atoms with Gasteiger partial charge in [-0.2, -0.15) is 5.10 Å². The smallest absolute Gasteiger partial charge is 0.324 e. The van der Waals surface area contributed by atoms with Gasteiger partial charge in [0.15, 0.2) is 11.5 Å². The van der Waals surface area contributed by atoms with Crippen molar-refractivity contribution < 1.29 is 23.2 Å². The van der Waals surface area contributed by atoms with Crippen LogP contribution in [0.2, 0.25) is 0 Å². The summed E-state index contributed by atoms with van der Waals surface area (Å²) in [5, 5.41) is 18.4. The number of halogens is 2. The summed E-state index contributed by atoms with van der Waals surface area (Å²) in [6, 6.07) is 9.47. The van der Waals surface area contributed by atoms with Crippen molar-refractivity contribution in [2.75, 3.05) is 11.9 Å². The first-order valence-corrected chi connectivity index (χ1v) is 12.5. The molecule has 0 unspecified atom stereocenters. The number of amides is 1. The fourth-order valence-electron chi connectivity index (χ4n) is 4.27. The molecule has 37 heavy (non-hydrogen) atoms. The minimum atomic E-state index is -2.69. The summed E-state index contributed by atoms with van der Waals surface area (Å²) in [6.45, 7) is 2.39. The average Bonchev–Trinajstić information content (AvgIpc) is 3.53. The van der Waals surface area contributed by atoms with Crippen molar-refractivity contribution in [3.8, 4) is 17.1 Å². The van der Waals surface area contributed by atoms with E-state index in [0.717, 1.165) is 11.3 Å². The first-order valence-electron chi connectivity index (χ1n) is 11.7. The first kappa shape index (κ1) is 24.7. The Bertz CT molecular complexity index is 1460. The molecule has 0 saturated heterocycles. The Kier molecular flexibility index (Phi) is 6.54. The number of thiophene rings is 1. The second kappa shape index (κ2) is 9.81. The molecule has 1 N–H and O–H groups in total. The third kappa shape index (κ3) is 5.12. The lowest BCUT2D eigenvalue weighted by Gasteiger charge is -2.28. The maximum Gasteiger partial charge on any atom is 0.324 e. The average molecular weight is 529 g/mol. The Labute approximate surface area is 213 Å². The molecule has 1 saturated carbocycles. The monoisotopic (exact) mass is 528 g/mol. The van der Waals surface area contributed by atoms with Gasteiger partial charge >= 0.3 is 5.00 Å². The van der Waals surface area contributed by atoms with Crippen LogP contribution in [0, 0.1) is 10.1 Å². The van der Waals surface area contributed by atoms with Gasteiger partial charge in [0, 0.05) is 24.5 Å². The molecule has 1 aromatic carbocycles. The number of ether oxygens (including phenoxy) is 1. The minimum absolute atomic E-state index is 0.142. The van der Waals surface area contributed by atoms with Crippen LogP contribution in [-0.2, 0) is 0 Å². The normalized spacial score (nSPS) is 15.5. The number of rotatable bonds is 7. The number of fused-ring (bicyclic) bond motifs is 1. The highest BCUT2D eigenvalue weighted by atomic mass is 32.1. The Morgan fingerprint density at radius 1 is 1.22 bits per heavy atom. The Balaban J connectivity index is 1.55. The van der Waals surface area contributed by atoms with Crippen LogP contribution in [0.3, 0.4) is 0 Å². The maximum absolute atomic E-state index is 13.8. The van der Waals surface area contributed by atoms with Crippen molar-refractivity contribution in [2.45, 2.75) is 44.6 Å². The molecule has 0 spiro atoms. The molecule has 13 heteroatoms. The van der Waals surface area contributed by atoms with Crippen molar-refractivity contribution >= 4 is 39.1 Å². The van der Waals surface area contributed by atoms with Gasteiger partial charge in [0.05, 0.1) is 34.0 Å². The van der Waals surface area contributed by atoms with Gasteiger partial charge in [-0.15, -0.1) is 0 Å². The fraction of sp³-hybridized carbons (Fsp3) is 0.333. The quantitative estimate of drug-likeness (QED) is 0.235. The highest BCUT2D eigenvalue weighted by molar-refractivity contribution is 7.17. The zero-order valence-corrected chi connectivity index (χ0v) is 20.5. The number of nitrogens with zero attached hydrogens (tertiary/aromatic N) is 5. The van der Waals surface area contributed by atoms with Crippen LogP contribution in [0.25, 0.3) is 22.4 Å². The van der Waals surface area contributed by atoms with Crippen LogP contribution in [0.4, 0.5) is 19.6 Å². The standard InChI is InChI=1S/C24H22F2N6O4S/c1-2-36-16-5-3-14(4-6-16)20-28-21(30-23(33)18-7-8-19(37-18)32(34)35)17-13-27-31(22(17)29-20)15-9-11-24(25,26)12-10-15/h3-8,13,15H,2,9-12H2,1H3,(H,28,29,30,33). The molecular formula is C24H22F2N6O4S. The molecule has 1 amide bonds. The number of alkyl halides is 2. The highest BCUT2D eigenvalue weighted by Crippen LogP contribution is 2.39. The van der Waals surface area contributed by atoms with E-state index < -0.39 is 16.8 Å². The molecular weight excluding hydrogens is 506 g/mol. The summed E-state index contributed by atoms with van der Waals surface area (Å²) in [4.78, 5) is 32.8. The lowest BCUT2D eigenvalue weighted by Crippen LogP contribution is -2.27. The van der Waals surface area contributed by atoms with E-state index in [9.17, 15) is 23.7 Å². The fourth-order valence-corrected chi connectivity index (χ4v) is 4.99. The lowest BCUT2D eigenvalue weighted by molar-refractivity contribution is -0.380. The second-order valence-corrected chi connectivity index (χ2v) is 9.68. The zero-order valence-electron chi connectivity index (χ0n) is 19.7. The number of carbonyl (C=O) groups is 1. The van der Waals surface area contributed by atoms with E-state index in [2.05, 4.69) is 20.4 Å². The van der Waals surface area contributed by atoms with Crippen LogP contribution in [-0.4, -0.2) is 43.1 Å². The van der Waals surface area contributed by atoms with E-state index in [1.165, 1.54) is 18.3 Å². The minimum Gasteiger partial charge on any atom is -0.494 e. The SMILES string of the molecule is CCOc1ccc(-c2nc(NC(=O)c3ccc([N+](=O)[O-])s3)c3cnn(C4CCC(F)(F)CC4)c3n2)cc1. The van der Waals surface area contributed by atoms with Crippen LogP contribution >= 0.6 is 11.3 Å². The molecule has 5 rings (SSSR count). The predicted octanol–water partition coefficient (Wildman–Crippen LogP) is 5.86. The topological polar surface area (TPSA) is 125 Å². The number of hydrogen-bond acceptors (Lipinski definition) is 8. The molecule has 1 fully saturated rings. The van der Waals surface area contributed by atoms with E-state index in [0.29, 0.717) is 34.8 Å². The van der Waals surface area contributed by atoms with Crippen molar-refractivity contribution in [1.29, 1.82) is 0 Å². The number of nitro groups is 1. The molecule has 1 aliphatic carbocycles. The summed E-state index contributed by atoms with van der Waals surface area (Å²) in [5.74, 6) is -2.12. The number of anilines is 1. The zero-order chi connectivity index (χ0) is 26.2. The molecule has 0 aliphatic heterocycles. The molecule has 192 valence electrons. The number of carbonyl (C=O) groups excluding carboxylic acids is 1. The van der Waals surface area contributed by atoms with Crippen molar-refractivity contribution in [3.63, 3.8) is 0 Å². The van der Waals surface area contributed by atoms with Crippen molar-refractivity contribution in [1.82, 2.24) is 19.7 Å². The predicted molar refractivity (Wildman–Crippen MR) is 133 cm³/mol. The van der Waals surface area contributed by atoms with Gasteiger partial charge in [0.1, 0.15) is 11.6 Å². The summed E-state index contributed by atoms with van der Waals surface area (Å²) in [6.07, 6.45) is 1.50. The third-order valence-electron chi connectivity index (χ3n) is 6.14. The lowest BCUT2D eigenvalue weighted by atomic mass is 9.92. The van der Waals surface area contributed by atoms with E-state index in [-0.39, 0.29) is 47.4 Å². The van der Waals surface area contributed by atoms with Crippen LogP contribution in [0.5, 0.6) is 5.75 Å². The summed E-state index contributed by atoms with van der Waals surface area (Å²) in [5.41, 5.74) is 1.05. The Morgan fingerprint density at radius 2 is 1.95 bits per heavy atom. The molecule has 3 aromatic heterocycles. The highest BCUT2D eigenvalue weighted by Gasteiger charge is 2.36. The van der Waals surface area contributed by atoms with Crippen molar-refractivity contribution in [3.05, 3.63) is 57.6 Å². The molecule has 1 aliphatic rings. The number of benzene rings is 1. The van der Waals surface area contributed by atoms with E-state index >= 15 is 0 Å². The van der Waals surface area contributed by atoms with Crippen LogP contribution in [0.1, 0.15) is 48.3 Å². The maximum atomic E-state index is 13.8. The first-order chi connectivity index (χ1) is 17.7. The number of nitrogens with one attached hydrogen (secondary N) is 1. The summed E-state index contributed by atoms with van der Waals surface area (Å²) >= 11 is 0.748. The van der Waals surface area contributed by atoms with Crippen LogP contribution in [0.15, 0.2) is 42.6 Å². The Hall–Kier alpha value is -4.00. The Morgan fingerprint density at radius 3 is 2.59 bits per heavy atom. The molecule has 0 atom stereocenters. The number of aromatic nitrogens is 4. The number of hydrogen-bond donors (Lipinski definition) is 1. The van der Waals surface area contributed by atoms with Crippen molar-refractivity contribution in [2.24, 2.45) is 0 Å². The van der Waals surface area contributed by atoms with Gasteiger partial charge < -0.3 is 10.1 Å². The largest absolute Gasteiger partial charge is 0.494 e. The van der Waals surface area contributed by atoms with Gasteiger partial charge in [-0.25, -0.2) is 23.4 Å². The molecule has 3 heterocycles. The summed E-state index contributed by atoms with van der Waals surface area (Å²) < 4.78 is 34.7. The van der Waals surface area contributed by atoms with Gasteiger partial charge in [-0.05, 0) is 50.1 Å². The third-order valence-corrected chi connectivity index (χ3v) is 7.17. The van der Waals surface area contributed by atoms with E-state index in [4.69, 9.17) is 4.74 Å². The molecule has 0 bridgehead atoms. The molecule has 0 radical (unpaired) electrons. The molecule has 4 aromatic rings. The van der Waals surface area contributed by atoms with Crippen LogP contribution < -0.4 is 10.1 Å². The van der Waals surface area contributed by atoms with Gasteiger partial charge in [-0.1, -0.05) is 11.3 Å². The van der Waals surface area contributed by atoms with Gasteiger partial charge in [-0.3, -0.25) is 14.9 Å². The van der Waals surface area contributed by atoms with Gasteiger partial charge in [0.25, 0.3) is 5.91 Å². The van der Waals surface area contributed by atoms with Gasteiger partial charge in [0.2, 0.25) is 5.92 Å². The molecule has 10 nitrogen and oxygen atoms in total.